The molecule has 13 rings (SSSR count). The van der Waals surface area contributed by atoms with Gasteiger partial charge in [0.05, 0.1) is 50.0 Å². The highest BCUT2D eigenvalue weighted by molar-refractivity contribution is 6.62. The average molecular weight is 846 g/mol. The number of halogens is 1. The van der Waals surface area contributed by atoms with Gasteiger partial charge in [-0.1, -0.05) is 130 Å². The molecule has 0 saturated carbocycles. The predicted molar refractivity (Wildman–Crippen MR) is 270 cm³/mol. The summed E-state index contributed by atoms with van der Waals surface area (Å²) in [5.74, 6) is 0. The number of aromatic nitrogens is 4. The first-order valence-electron chi connectivity index (χ1n) is 20.4. The van der Waals surface area contributed by atoms with Crippen molar-refractivity contribution < 1.29 is 9.31 Å². The molecule has 6 aromatic carbocycles. The molecule has 0 unspecified atom stereocenters. The molecule has 12 aromatic rings. The lowest BCUT2D eigenvalue weighted by Crippen LogP contribution is -2.41. The molecule has 314 valence electrons. The molecule has 8 heteroatoms. The van der Waals surface area contributed by atoms with E-state index in [-0.39, 0.29) is 40.6 Å². The average Bonchev–Trinajstić information content (AvgIpc) is 4.05. The Morgan fingerprint density at radius 1 is 0.460 bits per heavy atom. The topological polar surface area (TPSA) is 53.1 Å². The predicted octanol–water partition coefficient (Wildman–Crippen LogP) is 14.5. The number of nitrogens with zero attached hydrogens (tertiary/aromatic N) is 4. The Kier molecular flexibility index (Phi) is 11.2. The number of benzene rings is 6. The van der Waals surface area contributed by atoms with Crippen LogP contribution in [-0.4, -0.2) is 37.1 Å². The van der Waals surface area contributed by atoms with E-state index < -0.39 is 0 Å². The SMILES string of the molecule is C.C.CC1(C)OB(c2ccc3c(c2)c2cccc4c5ccccc5n3c42)OC1(C)C.Clc1ccccn1.[CH3-].c1ccc(-c2ccc3c(c2)c2cccc4c5ccccc5n3c42)nc1. The van der Waals surface area contributed by atoms with Crippen molar-refractivity contribution in [1.82, 2.24) is 18.8 Å². The summed E-state index contributed by atoms with van der Waals surface area (Å²) in [4.78, 5) is 8.25. The minimum atomic E-state index is -0.341. The summed E-state index contributed by atoms with van der Waals surface area (Å²) >= 11 is 5.43. The maximum Gasteiger partial charge on any atom is 0.494 e. The largest absolute Gasteiger partial charge is 0.494 e. The highest BCUT2D eigenvalue weighted by atomic mass is 35.5. The molecule has 0 aliphatic carbocycles. The molecule has 0 radical (unpaired) electrons. The van der Waals surface area contributed by atoms with E-state index in [9.17, 15) is 0 Å². The first kappa shape index (κ1) is 43.2. The van der Waals surface area contributed by atoms with Crippen LogP contribution in [0.25, 0.3) is 87.4 Å². The maximum absolute atomic E-state index is 6.28. The molecule has 0 amide bonds. The van der Waals surface area contributed by atoms with Gasteiger partial charge < -0.3 is 25.5 Å². The van der Waals surface area contributed by atoms with Crippen LogP contribution in [0.4, 0.5) is 0 Å². The lowest BCUT2D eigenvalue weighted by molar-refractivity contribution is 0.00578. The summed E-state index contributed by atoms with van der Waals surface area (Å²) in [5.41, 5.74) is 10.2. The van der Waals surface area contributed by atoms with Crippen molar-refractivity contribution in [3.63, 3.8) is 0 Å². The molecule has 6 aromatic heterocycles. The Morgan fingerprint density at radius 2 is 0.905 bits per heavy atom. The van der Waals surface area contributed by atoms with Crippen LogP contribution in [0, 0.1) is 7.43 Å². The third-order valence-electron chi connectivity index (χ3n) is 12.6. The summed E-state index contributed by atoms with van der Waals surface area (Å²) in [6, 6.07) is 55.2. The zero-order chi connectivity index (χ0) is 40.8. The van der Waals surface area contributed by atoms with Crippen molar-refractivity contribution in [2.45, 2.75) is 53.8 Å². The molecular weight excluding hydrogens is 795 g/mol. The monoisotopic (exact) mass is 845 g/mol. The molecule has 63 heavy (non-hydrogen) atoms. The third kappa shape index (κ3) is 6.83. The Balaban J connectivity index is 0.000000144. The minimum absolute atomic E-state index is 0. The second-order valence-electron chi connectivity index (χ2n) is 16.6. The first-order chi connectivity index (χ1) is 29.2. The Hall–Kier alpha value is -6.51. The fraction of sp³-hybridized carbons (Fsp3) is 0.145. The van der Waals surface area contributed by atoms with Crippen molar-refractivity contribution in [3.8, 4) is 11.3 Å². The standard InChI is InChI=1S/C24H22BNO2.C23H14N2.C5H4ClN.2CH4.CH3/c1-23(2)24(3,4)28-25(27-23)15-12-13-21-19(14-15)18-10-7-9-17-16-8-5-6-11-20(16)26(21)22(17)18;1-2-10-21-16(6-1)17-7-5-8-18-19-14-15(20-9-3-4-13-24-20)11-12-22(19)25(21)23(17)18;6-5-3-1-2-4-7-5;;;/h5-14H,1-4H3;1-14H;1-4H;2*1H4;1H3/q;;;;;-1. The summed E-state index contributed by atoms with van der Waals surface area (Å²) in [5, 5.41) is 10.9. The van der Waals surface area contributed by atoms with Gasteiger partial charge in [-0.05, 0) is 87.8 Å². The molecule has 0 bridgehead atoms. The number of pyridine rings is 2. The summed E-state index contributed by atoms with van der Waals surface area (Å²) in [7, 11) is -0.341. The summed E-state index contributed by atoms with van der Waals surface area (Å²) in [6.07, 6.45) is 3.50. The van der Waals surface area contributed by atoms with Gasteiger partial charge >= 0.3 is 7.12 Å². The van der Waals surface area contributed by atoms with Gasteiger partial charge in [-0.3, -0.25) is 4.98 Å². The Morgan fingerprint density at radius 3 is 1.40 bits per heavy atom. The fourth-order valence-electron chi connectivity index (χ4n) is 9.04. The zero-order valence-electron chi connectivity index (χ0n) is 34.7. The number of hydrogen-bond donors (Lipinski definition) is 0. The van der Waals surface area contributed by atoms with Crippen LogP contribution in [0.2, 0.25) is 5.15 Å². The lowest BCUT2D eigenvalue weighted by Gasteiger charge is -2.32. The number of fused-ring (bicyclic) bond motifs is 12. The van der Waals surface area contributed by atoms with E-state index in [0.29, 0.717) is 5.15 Å². The molecule has 1 aliphatic rings. The van der Waals surface area contributed by atoms with Crippen molar-refractivity contribution in [2.75, 3.05) is 0 Å². The van der Waals surface area contributed by atoms with Gasteiger partial charge in [0.1, 0.15) is 5.15 Å². The van der Waals surface area contributed by atoms with E-state index in [0.717, 1.165) is 16.7 Å². The van der Waals surface area contributed by atoms with Crippen molar-refractivity contribution in [3.05, 3.63) is 183 Å². The molecule has 1 aliphatic heterocycles. The van der Waals surface area contributed by atoms with E-state index in [1.54, 1.807) is 12.3 Å². The highest BCUT2D eigenvalue weighted by Gasteiger charge is 2.51. The van der Waals surface area contributed by atoms with Gasteiger partial charge in [0.15, 0.2) is 0 Å². The summed E-state index contributed by atoms with van der Waals surface area (Å²) < 4.78 is 17.4. The van der Waals surface area contributed by atoms with Crippen LogP contribution < -0.4 is 5.46 Å². The number of hydrogen-bond acceptors (Lipinski definition) is 4. The van der Waals surface area contributed by atoms with Crippen LogP contribution in [0.5, 0.6) is 0 Å². The quantitative estimate of drug-likeness (QED) is 0.0988. The van der Waals surface area contributed by atoms with Gasteiger partial charge in [-0.15, -0.1) is 0 Å². The van der Waals surface area contributed by atoms with Crippen LogP contribution in [0.3, 0.4) is 0 Å². The smallest absolute Gasteiger partial charge is 0.399 e. The van der Waals surface area contributed by atoms with E-state index in [1.165, 1.54) is 76.2 Å². The molecule has 1 saturated heterocycles. The van der Waals surface area contributed by atoms with Crippen LogP contribution >= 0.6 is 11.6 Å². The van der Waals surface area contributed by atoms with Crippen molar-refractivity contribution >= 4 is 100 Å². The Labute approximate surface area is 374 Å². The second-order valence-corrected chi connectivity index (χ2v) is 17.0. The highest BCUT2D eigenvalue weighted by Crippen LogP contribution is 2.42. The van der Waals surface area contributed by atoms with E-state index in [1.807, 2.05) is 30.5 Å². The van der Waals surface area contributed by atoms with Gasteiger partial charge in [-0.25, -0.2) is 4.98 Å². The number of para-hydroxylation sites is 4. The van der Waals surface area contributed by atoms with Crippen LogP contribution in [-0.2, 0) is 9.31 Å². The second kappa shape index (κ2) is 16.3. The van der Waals surface area contributed by atoms with Gasteiger partial charge in [-0.2, -0.15) is 0 Å². The molecule has 1 fully saturated rings. The number of rotatable bonds is 2. The molecule has 0 spiro atoms. The molecule has 6 nitrogen and oxygen atoms in total. The van der Waals surface area contributed by atoms with Crippen molar-refractivity contribution in [1.29, 1.82) is 0 Å². The lowest BCUT2D eigenvalue weighted by atomic mass is 9.78. The van der Waals surface area contributed by atoms with E-state index in [2.05, 4.69) is 174 Å². The van der Waals surface area contributed by atoms with Gasteiger partial charge in [0, 0.05) is 61.0 Å². The van der Waals surface area contributed by atoms with E-state index >= 15 is 0 Å². The van der Waals surface area contributed by atoms with Crippen LogP contribution in [0.1, 0.15) is 42.5 Å². The Bertz CT molecular complexity index is 3510. The molecule has 0 N–H and O–H groups in total. The summed E-state index contributed by atoms with van der Waals surface area (Å²) in [6.45, 7) is 8.38. The molecule has 0 atom stereocenters. The van der Waals surface area contributed by atoms with Crippen molar-refractivity contribution in [2.24, 2.45) is 0 Å². The van der Waals surface area contributed by atoms with Crippen LogP contribution in [0.15, 0.2) is 170 Å². The maximum atomic E-state index is 6.28. The van der Waals surface area contributed by atoms with E-state index in [4.69, 9.17) is 20.9 Å². The zero-order valence-corrected chi connectivity index (χ0v) is 35.5. The third-order valence-corrected chi connectivity index (χ3v) is 12.8. The fourth-order valence-corrected chi connectivity index (χ4v) is 9.17. The first-order valence-corrected chi connectivity index (χ1v) is 20.7. The normalized spacial score (nSPS) is 14.1. The molecular formula is C55H51BClN4O2-. The minimum Gasteiger partial charge on any atom is -0.399 e. The van der Waals surface area contributed by atoms with Gasteiger partial charge in [0.2, 0.25) is 0 Å². The van der Waals surface area contributed by atoms with Gasteiger partial charge in [0.25, 0.3) is 0 Å². The molecule has 7 heterocycles.